The van der Waals surface area contributed by atoms with Gasteiger partial charge in [-0.05, 0) is 30.7 Å². The van der Waals surface area contributed by atoms with E-state index in [0.717, 1.165) is 12.1 Å². The average Bonchev–Trinajstić information content (AvgIpc) is 2.39. The van der Waals surface area contributed by atoms with Crippen LogP contribution in [-0.4, -0.2) is 27.0 Å². The lowest BCUT2D eigenvalue weighted by molar-refractivity contribution is 0.117. The maximum Gasteiger partial charge on any atom is 0.240 e. The van der Waals surface area contributed by atoms with Gasteiger partial charge in [0.15, 0.2) is 0 Å². The van der Waals surface area contributed by atoms with Crippen molar-refractivity contribution in [2.75, 3.05) is 11.9 Å². The third-order valence-electron chi connectivity index (χ3n) is 4.18. The summed E-state index contributed by atoms with van der Waals surface area (Å²) >= 11 is 0. The molecule has 0 aliphatic heterocycles. The summed E-state index contributed by atoms with van der Waals surface area (Å²) in [5.74, 6) is 0. The molecule has 5 nitrogen and oxygen atoms in total. The van der Waals surface area contributed by atoms with Gasteiger partial charge < -0.3 is 11.1 Å². The highest BCUT2D eigenvalue weighted by atomic mass is 32.2. The Hall–Kier alpha value is -1.11. The van der Waals surface area contributed by atoms with E-state index in [0.29, 0.717) is 12.6 Å². The van der Waals surface area contributed by atoms with Crippen LogP contribution in [0, 0.1) is 5.41 Å². The highest BCUT2D eigenvalue weighted by molar-refractivity contribution is 7.89. The van der Waals surface area contributed by atoms with Crippen molar-refractivity contribution in [3.8, 4) is 0 Å². The number of nitrogens with two attached hydrogens (primary N) is 1. The lowest BCUT2D eigenvalue weighted by atomic mass is 9.63. The van der Waals surface area contributed by atoms with E-state index in [2.05, 4.69) is 23.9 Å². The first-order valence-corrected chi connectivity index (χ1v) is 8.37. The van der Waals surface area contributed by atoms with Crippen LogP contribution >= 0.6 is 0 Å². The molecular formula is C14H23N3O2S. The van der Waals surface area contributed by atoms with Gasteiger partial charge in [0.25, 0.3) is 0 Å². The number of hydrogen-bond acceptors (Lipinski definition) is 4. The van der Waals surface area contributed by atoms with E-state index >= 15 is 0 Å². The van der Waals surface area contributed by atoms with Gasteiger partial charge in [0.2, 0.25) is 10.0 Å². The third-order valence-corrected chi connectivity index (χ3v) is 5.74. The van der Waals surface area contributed by atoms with Crippen LogP contribution in [0.1, 0.15) is 27.2 Å². The normalized spacial score (nSPS) is 25.0. The van der Waals surface area contributed by atoms with Gasteiger partial charge in [-0.15, -0.1) is 0 Å². The van der Waals surface area contributed by atoms with Crippen molar-refractivity contribution in [2.24, 2.45) is 11.1 Å². The minimum atomic E-state index is -3.38. The molecule has 0 radical (unpaired) electrons. The Morgan fingerprint density at radius 3 is 2.35 bits per heavy atom. The first-order chi connectivity index (χ1) is 9.27. The molecule has 2 rings (SSSR count). The number of hydrogen-bond donors (Lipinski definition) is 3. The van der Waals surface area contributed by atoms with Crippen molar-refractivity contribution in [1.29, 1.82) is 0 Å². The minimum Gasteiger partial charge on any atom is -0.382 e. The average molecular weight is 297 g/mol. The second kappa shape index (κ2) is 5.35. The summed E-state index contributed by atoms with van der Waals surface area (Å²) in [6.45, 7) is 6.43. The first-order valence-electron chi connectivity index (χ1n) is 6.89. The fraction of sp³-hybridized carbons (Fsp3) is 0.571. The Kier molecular flexibility index (Phi) is 4.09. The van der Waals surface area contributed by atoms with Gasteiger partial charge in [0, 0.05) is 29.7 Å². The van der Waals surface area contributed by atoms with E-state index in [1.165, 1.54) is 0 Å². The summed E-state index contributed by atoms with van der Waals surface area (Å²) in [5.41, 5.74) is 6.97. The molecule has 1 aliphatic carbocycles. The third kappa shape index (κ3) is 2.82. The maximum absolute atomic E-state index is 11.8. The molecule has 1 aromatic carbocycles. The van der Waals surface area contributed by atoms with Crippen LogP contribution in [0.4, 0.5) is 5.69 Å². The van der Waals surface area contributed by atoms with E-state index in [1.807, 2.05) is 0 Å². The summed E-state index contributed by atoms with van der Waals surface area (Å²) in [6, 6.07) is 7.37. The summed E-state index contributed by atoms with van der Waals surface area (Å²) in [7, 11) is -3.38. The molecule has 6 heteroatoms. The van der Waals surface area contributed by atoms with Crippen molar-refractivity contribution in [1.82, 2.24) is 4.72 Å². The van der Waals surface area contributed by atoms with E-state index in [9.17, 15) is 8.42 Å². The molecule has 0 saturated heterocycles. The lowest BCUT2D eigenvalue weighted by Crippen LogP contribution is -2.61. The van der Waals surface area contributed by atoms with Gasteiger partial charge in [0.05, 0.1) is 4.90 Å². The van der Waals surface area contributed by atoms with Crippen LogP contribution in [0.25, 0.3) is 0 Å². The zero-order valence-corrected chi connectivity index (χ0v) is 13.0. The van der Waals surface area contributed by atoms with Crippen molar-refractivity contribution >= 4 is 15.7 Å². The molecule has 112 valence electrons. The van der Waals surface area contributed by atoms with Crippen molar-refractivity contribution in [3.05, 3.63) is 24.3 Å². The maximum atomic E-state index is 11.8. The smallest absolute Gasteiger partial charge is 0.240 e. The van der Waals surface area contributed by atoms with Crippen LogP contribution in [0.2, 0.25) is 0 Å². The van der Waals surface area contributed by atoms with Gasteiger partial charge in [-0.3, -0.25) is 0 Å². The Labute approximate surface area is 121 Å². The monoisotopic (exact) mass is 297 g/mol. The molecule has 0 spiro atoms. The minimum absolute atomic E-state index is 0.0640. The SMILES string of the molecule is CCNS(=O)(=O)c1ccc(NC2CC(N)C2(C)C)cc1. The number of nitrogens with one attached hydrogen (secondary N) is 2. The Morgan fingerprint density at radius 2 is 1.90 bits per heavy atom. The van der Waals surface area contributed by atoms with E-state index in [-0.39, 0.29) is 16.4 Å². The van der Waals surface area contributed by atoms with Crippen molar-refractivity contribution < 1.29 is 8.42 Å². The number of rotatable bonds is 5. The highest BCUT2D eigenvalue weighted by Gasteiger charge is 2.45. The predicted molar refractivity (Wildman–Crippen MR) is 81.1 cm³/mol. The molecule has 0 bridgehead atoms. The van der Waals surface area contributed by atoms with Gasteiger partial charge >= 0.3 is 0 Å². The molecule has 2 unspecified atom stereocenters. The zero-order chi connectivity index (χ0) is 15.0. The van der Waals surface area contributed by atoms with Gasteiger partial charge in [-0.25, -0.2) is 13.1 Å². The second-order valence-electron chi connectivity index (χ2n) is 5.89. The second-order valence-corrected chi connectivity index (χ2v) is 7.65. The zero-order valence-electron chi connectivity index (χ0n) is 12.2. The molecule has 0 amide bonds. The molecule has 1 aliphatic rings. The molecule has 1 saturated carbocycles. The fourth-order valence-electron chi connectivity index (χ4n) is 2.41. The standard InChI is InChI=1S/C14H23N3O2S/c1-4-16-20(18,19)11-7-5-10(6-8-11)17-13-9-12(15)14(13,2)3/h5-8,12-13,16-17H,4,9,15H2,1-3H3. The molecule has 1 aromatic rings. The van der Waals surface area contributed by atoms with Crippen molar-refractivity contribution in [3.63, 3.8) is 0 Å². The van der Waals surface area contributed by atoms with Gasteiger partial charge in [-0.1, -0.05) is 20.8 Å². The number of sulfonamides is 1. The molecule has 0 heterocycles. The number of anilines is 1. The molecule has 0 aromatic heterocycles. The van der Waals surface area contributed by atoms with Crippen LogP contribution in [0.5, 0.6) is 0 Å². The molecule has 20 heavy (non-hydrogen) atoms. The van der Waals surface area contributed by atoms with E-state index in [4.69, 9.17) is 5.73 Å². The van der Waals surface area contributed by atoms with Crippen molar-refractivity contribution in [2.45, 2.75) is 44.2 Å². The van der Waals surface area contributed by atoms with Crippen LogP contribution in [-0.2, 0) is 10.0 Å². The summed E-state index contributed by atoms with van der Waals surface area (Å²) in [5, 5.41) is 3.41. The van der Waals surface area contributed by atoms with Crippen LogP contribution < -0.4 is 15.8 Å². The fourth-order valence-corrected chi connectivity index (χ4v) is 3.45. The molecule has 4 N–H and O–H groups in total. The largest absolute Gasteiger partial charge is 0.382 e. The summed E-state index contributed by atoms with van der Waals surface area (Å²) in [6.07, 6.45) is 0.935. The Morgan fingerprint density at radius 1 is 1.30 bits per heavy atom. The predicted octanol–water partition coefficient (Wildman–Crippen LogP) is 1.52. The molecular weight excluding hydrogens is 274 g/mol. The lowest BCUT2D eigenvalue weighted by Gasteiger charge is -2.51. The van der Waals surface area contributed by atoms with E-state index < -0.39 is 10.0 Å². The first kappa shape index (κ1) is 15.3. The van der Waals surface area contributed by atoms with Gasteiger partial charge in [-0.2, -0.15) is 0 Å². The Balaban J connectivity index is 2.07. The van der Waals surface area contributed by atoms with Gasteiger partial charge in [0.1, 0.15) is 0 Å². The summed E-state index contributed by atoms with van der Waals surface area (Å²) < 4.78 is 26.1. The van der Waals surface area contributed by atoms with Crippen LogP contribution in [0.15, 0.2) is 29.2 Å². The Bertz CT molecular complexity index is 567. The van der Waals surface area contributed by atoms with E-state index in [1.54, 1.807) is 31.2 Å². The molecule has 1 fully saturated rings. The molecule has 2 atom stereocenters. The van der Waals surface area contributed by atoms with Crippen LogP contribution in [0.3, 0.4) is 0 Å². The number of benzene rings is 1. The summed E-state index contributed by atoms with van der Waals surface area (Å²) in [4.78, 5) is 0.287. The highest BCUT2D eigenvalue weighted by Crippen LogP contribution is 2.40. The quantitative estimate of drug-likeness (QED) is 0.769. The topological polar surface area (TPSA) is 84.2 Å².